The van der Waals surface area contributed by atoms with E-state index in [9.17, 15) is 14.4 Å². The van der Waals surface area contributed by atoms with E-state index in [2.05, 4.69) is 15.5 Å². The highest BCUT2D eigenvalue weighted by atomic mass is 16.3. The second kappa shape index (κ2) is 11.0. The second-order valence-electron chi connectivity index (χ2n) is 9.53. The molecule has 9 nitrogen and oxygen atoms in total. The van der Waals surface area contributed by atoms with Gasteiger partial charge in [0.25, 0.3) is 5.91 Å². The molecule has 0 aromatic carbocycles. The molecule has 33 heavy (non-hydrogen) atoms. The van der Waals surface area contributed by atoms with E-state index in [0.29, 0.717) is 38.0 Å². The molecule has 0 bridgehead atoms. The number of nitrogens with zero attached hydrogens (tertiary/aromatic N) is 3. The number of rotatable bonds is 5. The third kappa shape index (κ3) is 6.07. The van der Waals surface area contributed by atoms with Gasteiger partial charge in [0.1, 0.15) is 0 Å². The minimum Gasteiger partial charge on any atom is -0.459 e. The van der Waals surface area contributed by atoms with Crippen molar-refractivity contribution in [2.24, 2.45) is 0 Å². The fraction of sp³-hybridized carbons (Fsp3) is 0.708. The molecule has 2 aliphatic heterocycles. The molecule has 1 unspecified atom stereocenters. The van der Waals surface area contributed by atoms with Gasteiger partial charge >= 0.3 is 6.03 Å². The molecule has 4 amide bonds. The average molecular weight is 460 g/mol. The third-order valence-corrected chi connectivity index (χ3v) is 7.32. The molecular formula is C24H37N5O4. The van der Waals surface area contributed by atoms with Gasteiger partial charge in [0.15, 0.2) is 5.76 Å². The predicted molar refractivity (Wildman–Crippen MR) is 124 cm³/mol. The van der Waals surface area contributed by atoms with Crippen LogP contribution in [0.1, 0.15) is 62.4 Å². The fourth-order valence-corrected chi connectivity index (χ4v) is 5.20. The Hall–Kier alpha value is -2.55. The van der Waals surface area contributed by atoms with Gasteiger partial charge in [-0.1, -0.05) is 19.3 Å². The topological polar surface area (TPSA) is 98.1 Å². The van der Waals surface area contributed by atoms with E-state index in [1.165, 1.54) is 25.5 Å². The summed E-state index contributed by atoms with van der Waals surface area (Å²) in [6, 6.07) is 3.59. The predicted octanol–water partition coefficient (Wildman–Crippen LogP) is 2.05. The Morgan fingerprint density at radius 3 is 2.09 bits per heavy atom. The summed E-state index contributed by atoms with van der Waals surface area (Å²) in [4.78, 5) is 43.6. The molecule has 0 radical (unpaired) electrons. The number of piperidine rings is 1. The maximum Gasteiger partial charge on any atom is 0.315 e. The zero-order chi connectivity index (χ0) is 23.2. The summed E-state index contributed by atoms with van der Waals surface area (Å²) in [5, 5.41) is 6.25. The molecule has 1 saturated carbocycles. The van der Waals surface area contributed by atoms with Crippen molar-refractivity contribution in [3.05, 3.63) is 24.2 Å². The maximum absolute atomic E-state index is 13.1. The van der Waals surface area contributed by atoms with E-state index in [-0.39, 0.29) is 29.9 Å². The number of likely N-dealkylation sites (tertiary alicyclic amines) is 1. The SMILES string of the molecule is CC(C(=O)N1CCN(C(=O)c2ccco2)CC1)N1CCC(NC(=O)NC2CCCCC2)CC1. The zero-order valence-electron chi connectivity index (χ0n) is 19.6. The monoisotopic (exact) mass is 459 g/mol. The number of furan rings is 1. The molecule has 2 N–H and O–H groups in total. The lowest BCUT2D eigenvalue weighted by atomic mass is 9.96. The van der Waals surface area contributed by atoms with E-state index in [1.54, 1.807) is 17.0 Å². The summed E-state index contributed by atoms with van der Waals surface area (Å²) in [6.45, 7) is 5.65. The Bertz CT molecular complexity index is 792. The van der Waals surface area contributed by atoms with Crippen LogP contribution in [0.2, 0.25) is 0 Å². The van der Waals surface area contributed by atoms with E-state index >= 15 is 0 Å². The van der Waals surface area contributed by atoms with Gasteiger partial charge in [-0.05, 0) is 44.7 Å². The fourth-order valence-electron chi connectivity index (χ4n) is 5.20. The first-order chi connectivity index (χ1) is 16.0. The van der Waals surface area contributed by atoms with E-state index < -0.39 is 0 Å². The number of nitrogens with one attached hydrogen (secondary N) is 2. The highest BCUT2D eigenvalue weighted by Crippen LogP contribution is 2.19. The zero-order valence-corrected chi connectivity index (χ0v) is 19.6. The van der Waals surface area contributed by atoms with Gasteiger partial charge in [-0.3, -0.25) is 14.5 Å². The molecule has 2 saturated heterocycles. The number of carbonyl (C=O) groups excluding carboxylic acids is 3. The summed E-state index contributed by atoms with van der Waals surface area (Å²) < 4.78 is 5.20. The lowest BCUT2D eigenvalue weighted by molar-refractivity contribution is -0.138. The van der Waals surface area contributed by atoms with Crippen LogP contribution in [0, 0.1) is 0 Å². The molecular weight excluding hydrogens is 422 g/mol. The van der Waals surface area contributed by atoms with Gasteiger partial charge in [0.05, 0.1) is 12.3 Å². The van der Waals surface area contributed by atoms with Crippen molar-refractivity contribution in [2.45, 2.75) is 70.0 Å². The molecule has 3 aliphatic rings. The van der Waals surface area contributed by atoms with Crippen molar-refractivity contribution >= 4 is 17.8 Å². The maximum atomic E-state index is 13.1. The van der Waals surface area contributed by atoms with Crippen LogP contribution in [0.4, 0.5) is 4.79 Å². The molecule has 1 aromatic rings. The summed E-state index contributed by atoms with van der Waals surface area (Å²) >= 11 is 0. The molecule has 3 fully saturated rings. The summed E-state index contributed by atoms with van der Waals surface area (Å²) in [6.07, 6.45) is 9.02. The molecule has 0 spiro atoms. The van der Waals surface area contributed by atoms with Crippen LogP contribution in [0.5, 0.6) is 0 Å². The van der Waals surface area contributed by atoms with Crippen molar-refractivity contribution in [1.82, 2.24) is 25.3 Å². The van der Waals surface area contributed by atoms with Crippen molar-refractivity contribution in [3.8, 4) is 0 Å². The van der Waals surface area contributed by atoms with E-state index in [1.807, 2.05) is 11.8 Å². The van der Waals surface area contributed by atoms with Crippen molar-refractivity contribution in [2.75, 3.05) is 39.3 Å². The summed E-state index contributed by atoms with van der Waals surface area (Å²) in [5.74, 6) is 0.329. The van der Waals surface area contributed by atoms with E-state index in [0.717, 1.165) is 38.8 Å². The molecule has 1 aromatic heterocycles. The van der Waals surface area contributed by atoms with Crippen LogP contribution >= 0.6 is 0 Å². The molecule has 9 heteroatoms. The lowest BCUT2D eigenvalue weighted by Gasteiger charge is -2.40. The minimum atomic E-state index is -0.200. The summed E-state index contributed by atoms with van der Waals surface area (Å²) in [7, 11) is 0. The van der Waals surface area contributed by atoms with Gasteiger partial charge < -0.3 is 24.9 Å². The van der Waals surface area contributed by atoms with Crippen LogP contribution in [0.3, 0.4) is 0 Å². The Kier molecular flexibility index (Phi) is 7.90. The number of urea groups is 1. The average Bonchev–Trinajstić information content (AvgIpc) is 3.39. The summed E-state index contributed by atoms with van der Waals surface area (Å²) in [5.41, 5.74) is 0. The van der Waals surface area contributed by atoms with Crippen LogP contribution in [-0.2, 0) is 4.79 Å². The van der Waals surface area contributed by atoms with Gasteiger partial charge in [-0.15, -0.1) is 0 Å². The number of amides is 4. The molecule has 3 heterocycles. The normalized spacial score (nSPS) is 22.1. The highest BCUT2D eigenvalue weighted by molar-refractivity contribution is 5.91. The van der Waals surface area contributed by atoms with Gasteiger partial charge in [0.2, 0.25) is 5.91 Å². The first-order valence-electron chi connectivity index (χ1n) is 12.4. The largest absolute Gasteiger partial charge is 0.459 e. The van der Waals surface area contributed by atoms with Crippen LogP contribution < -0.4 is 10.6 Å². The van der Waals surface area contributed by atoms with E-state index in [4.69, 9.17) is 4.42 Å². The number of hydrogen-bond acceptors (Lipinski definition) is 5. The number of hydrogen-bond donors (Lipinski definition) is 2. The number of carbonyl (C=O) groups is 3. The third-order valence-electron chi connectivity index (χ3n) is 7.32. The minimum absolute atomic E-state index is 0.0496. The quantitative estimate of drug-likeness (QED) is 0.702. The van der Waals surface area contributed by atoms with Crippen molar-refractivity contribution in [1.29, 1.82) is 0 Å². The highest BCUT2D eigenvalue weighted by Gasteiger charge is 2.32. The van der Waals surface area contributed by atoms with Crippen molar-refractivity contribution in [3.63, 3.8) is 0 Å². The van der Waals surface area contributed by atoms with Crippen LogP contribution in [0.15, 0.2) is 22.8 Å². The van der Waals surface area contributed by atoms with Crippen LogP contribution in [0.25, 0.3) is 0 Å². The number of piperazine rings is 1. The van der Waals surface area contributed by atoms with Crippen molar-refractivity contribution < 1.29 is 18.8 Å². The Balaban J connectivity index is 1.17. The Morgan fingerprint density at radius 1 is 0.879 bits per heavy atom. The molecule has 182 valence electrons. The second-order valence-corrected chi connectivity index (χ2v) is 9.53. The lowest BCUT2D eigenvalue weighted by Crippen LogP contribution is -2.57. The Morgan fingerprint density at radius 2 is 1.48 bits per heavy atom. The first kappa shape index (κ1) is 23.6. The smallest absolute Gasteiger partial charge is 0.315 e. The first-order valence-corrected chi connectivity index (χ1v) is 12.4. The van der Waals surface area contributed by atoms with Gasteiger partial charge in [-0.25, -0.2) is 4.79 Å². The molecule has 4 rings (SSSR count). The molecule has 1 aliphatic carbocycles. The van der Waals surface area contributed by atoms with Crippen LogP contribution in [-0.4, -0.2) is 89.9 Å². The Labute approximate surface area is 195 Å². The molecule has 1 atom stereocenters. The van der Waals surface area contributed by atoms with Gasteiger partial charge in [0, 0.05) is 51.4 Å². The standard InChI is InChI=1S/C24H37N5O4/c1-18(22(30)28-13-15-29(16-14-28)23(31)21-8-5-17-33-21)27-11-9-20(10-12-27)26-24(32)25-19-6-3-2-4-7-19/h5,8,17-20H,2-4,6-7,9-16H2,1H3,(H2,25,26,32). The van der Waals surface area contributed by atoms with Gasteiger partial charge in [-0.2, -0.15) is 0 Å².